The van der Waals surface area contributed by atoms with Gasteiger partial charge in [0.25, 0.3) is 0 Å². The van der Waals surface area contributed by atoms with E-state index in [2.05, 4.69) is 24.9 Å². The maximum Gasteiger partial charge on any atom is 0.329 e. The smallest absolute Gasteiger partial charge is 0.329 e. The first-order valence-electron chi connectivity index (χ1n) is 5.16. The van der Waals surface area contributed by atoms with E-state index < -0.39 is 12.0 Å². The molecule has 0 radical (unpaired) electrons. The van der Waals surface area contributed by atoms with Crippen LogP contribution in [0.3, 0.4) is 0 Å². The molecule has 1 amide bonds. The van der Waals surface area contributed by atoms with E-state index in [0.29, 0.717) is 6.61 Å². The first-order chi connectivity index (χ1) is 7.11. The molecule has 0 aromatic rings. The highest BCUT2D eigenvalue weighted by atomic mass is 32.1. The van der Waals surface area contributed by atoms with Crippen molar-refractivity contribution in [2.45, 2.75) is 39.2 Å². The molecule has 0 aliphatic heterocycles. The first kappa shape index (κ1) is 14.3. The Balaban J connectivity index is 3.78. The van der Waals surface area contributed by atoms with Crippen molar-refractivity contribution in [1.29, 1.82) is 0 Å². The summed E-state index contributed by atoms with van der Waals surface area (Å²) in [5.41, 5.74) is 0. The molecule has 0 aliphatic rings. The van der Waals surface area contributed by atoms with Gasteiger partial charge >= 0.3 is 5.97 Å². The van der Waals surface area contributed by atoms with Crippen molar-refractivity contribution in [3.63, 3.8) is 0 Å². The Bertz CT molecular complexity index is 209. The van der Waals surface area contributed by atoms with Crippen LogP contribution in [0, 0.1) is 0 Å². The van der Waals surface area contributed by atoms with Gasteiger partial charge in [-0.2, -0.15) is 12.6 Å². The van der Waals surface area contributed by atoms with Crippen LogP contribution in [-0.2, 0) is 14.3 Å². The number of nitrogens with one attached hydrogen (secondary N) is 1. The number of ether oxygens (including phenoxy) is 1. The van der Waals surface area contributed by atoms with E-state index in [0.717, 1.165) is 19.3 Å². The normalized spacial score (nSPS) is 11.9. The SMILES string of the molecule is CCCCCOC(=O)[C@H](CS)NC(C)=O. The molecule has 1 atom stereocenters. The second kappa shape index (κ2) is 8.59. The standard InChI is InChI=1S/C10H19NO3S/c1-3-4-5-6-14-10(13)9(7-15)11-8(2)12/h9,15H,3-7H2,1-2H3,(H,11,12)/t9-/m0/s1. The molecule has 1 N–H and O–H groups in total. The van der Waals surface area contributed by atoms with E-state index in [1.54, 1.807) is 0 Å². The van der Waals surface area contributed by atoms with Gasteiger partial charge < -0.3 is 10.1 Å². The van der Waals surface area contributed by atoms with Crippen LogP contribution in [0.2, 0.25) is 0 Å². The summed E-state index contributed by atoms with van der Waals surface area (Å²) in [6.45, 7) is 3.85. The van der Waals surface area contributed by atoms with Crippen LogP contribution in [0.15, 0.2) is 0 Å². The monoisotopic (exact) mass is 233 g/mol. The van der Waals surface area contributed by atoms with Crippen LogP contribution in [0.5, 0.6) is 0 Å². The summed E-state index contributed by atoms with van der Waals surface area (Å²) in [4.78, 5) is 22.1. The molecule has 15 heavy (non-hydrogen) atoms. The van der Waals surface area contributed by atoms with Crippen molar-refractivity contribution in [1.82, 2.24) is 5.32 Å². The Morgan fingerprint density at radius 3 is 2.53 bits per heavy atom. The van der Waals surface area contributed by atoms with E-state index in [1.165, 1.54) is 6.92 Å². The lowest BCUT2D eigenvalue weighted by molar-refractivity contribution is -0.147. The molecule has 0 heterocycles. The molecular formula is C10H19NO3S. The Morgan fingerprint density at radius 2 is 2.07 bits per heavy atom. The molecule has 0 saturated carbocycles. The zero-order chi connectivity index (χ0) is 11.7. The maximum absolute atomic E-state index is 11.4. The van der Waals surface area contributed by atoms with Crippen molar-refractivity contribution in [3.8, 4) is 0 Å². The number of amides is 1. The van der Waals surface area contributed by atoms with Crippen LogP contribution in [0.1, 0.15) is 33.1 Å². The molecule has 0 aromatic heterocycles. The Morgan fingerprint density at radius 1 is 1.40 bits per heavy atom. The highest BCUT2D eigenvalue weighted by Crippen LogP contribution is 1.97. The predicted molar refractivity (Wildman–Crippen MR) is 61.9 cm³/mol. The molecule has 0 rings (SSSR count). The van der Waals surface area contributed by atoms with Gasteiger partial charge in [0.2, 0.25) is 5.91 Å². The summed E-state index contributed by atoms with van der Waals surface area (Å²) in [5.74, 6) is -0.400. The molecule has 5 heteroatoms. The largest absolute Gasteiger partial charge is 0.464 e. The molecule has 88 valence electrons. The lowest BCUT2D eigenvalue weighted by Gasteiger charge is -2.14. The molecule has 0 aliphatic carbocycles. The molecule has 0 aromatic carbocycles. The van der Waals surface area contributed by atoms with Crippen LogP contribution in [0.4, 0.5) is 0 Å². The number of unbranched alkanes of at least 4 members (excludes halogenated alkanes) is 2. The van der Waals surface area contributed by atoms with Crippen LogP contribution < -0.4 is 5.32 Å². The molecule has 0 saturated heterocycles. The van der Waals surface area contributed by atoms with Gasteiger partial charge in [-0.15, -0.1) is 0 Å². The average Bonchev–Trinajstić information content (AvgIpc) is 2.20. The minimum Gasteiger partial charge on any atom is -0.464 e. The third-order valence-corrected chi connectivity index (χ3v) is 2.20. The maximum atomic E-state index is 11.4. The van der Waals surface area contributed by atoms with Gasteiger partial charge in [0.05, 0.1) is 6.61 Å². The number of carbonyl (C=O) groups excluding carboxylic acids is 2. The summed E-state index contributed by atoms with van der Waals surface area (Å²) in [6, 6.07) is -0.632. The molecule has 0 unspecified atom stereocenters. The van der Waals surface area contributed by atoms with Gasteiger partial charge in [0.1, 0.15) is 6.04 Å². The van der Waals surface area contributed by atoms with Crippen molar-refractivity contribution < 1.29 is 14.3 Å². The van der Waals surface area contributed by atoms with Gasteiger partial charge in [-0.3, -0.25) is 4.79 Å². The Hall–Kier alpha value is -0.710. The summed E-state index contributed by atoms with van der Waals surface area (Å²) >= 11 is 3.98. The van der Waals surface area contributed by atoms with E-state index in [1.807, 2.05) is 0 Å². The fraction of sp³-hybridized carbons (Fsp3) is 0.800. The van der Waals surface area contributed by atoms with Crippen molar-refractivity contribution >= 4 is 24.5 Å². The molecule has 0 fully saturated rings. The first-order valence-corrected chi connectivity index (χ1v) is 5.79. The molecular weight excluding hydrogens is 214 g/mol. The third-order valence-electron chi connectivity index (χ3n) is 1.84. The predicted octanol–water partition coefficient (Wildman–Crippen LogP) is 1.15. The number of esters is 1. The number of hydrogen-bond donors (Lipinski definition) is 2. The fourth-order valence-electron chi connectivity index (χ4n) is 1.05. The third kappa shape index (κ3) is 7.25. The lowest BCUT2D eigenvalue weighted by atomic mass is 10.3. The topological polar surface area (TPSA) is 55.4 Å². The molecule has 0 bridgehead atoms. The minimum atomic E-state index is -0.632. The van der Waals surface area contributed by atoms with Gasteiger partial charge in [0, 0.05) is 12.7 Å². The van der Waals surface area contributed by atoms with Crippen molar-refractivity contribution in [3.05, 3.63) is 0 Å². The van der Waals surface area contributed by atoms with Gasteiger partial charge in [-0.1, -0.05) is 19.8 Å². The van der Waals surface area contributed by atoms with E-state index in [-0.39, 0.29) is 11.7 Å². The van der Waals surface area contributed by atoms with Crippen LogP contribution in [0.25, 0.3) is 0 Å². The fourth-order valence-corrected chi connectivity index (χ4v) is 1.29. The number of thiol groups is 1. The minimum absolute atomic E-state index is 0.250. The highest BCUT2D eigenvalue weighted by molar-refractivity contribution is 7.80. The Labute approximate surface area is 96.2 Å². The number of hydrogen-bond acceptors (Lipinski definition) is 4. The summed E-state index contributed by atoms with van der Waals surface area (Å²) < 4.78 is 5.00. The lowest BCUT2D eigenvalue weighted by Crippen LogP contribution is -2.42. The van der Waals surface area contributed by atoms with Gasteiger partial charge in [-0.25, -0.2) is 4.79 Å². The average molecular weight is 233 g/mol. The van der Waals surface area contributed by atoms with Crippen molar-refractivity contribution in [2.24, 2.45) is 0 Å². The zero-order valence-electron chi connectivity index (χ0n) is 9.28. The molecule has 4 nitrogen and oxygen atoms in total. The number of rotatable bonds is 7. The Kier molecular flexibility index (Phi) is 8.18. The van der Waals surface area contributed by atoms with E-state index in [4.69, 9.17) is 4.74 Å². The van der Waals surface area contributed by atoms with Crippen molar-refractivity contribution in [2.75, 3.05) is 12.4 Å². The summed E-state index contributed by atoms with van der Waals surface area (Å²) in [6.07, 6.45) is 2.99. The second-order valence-corrected chi connectivity index (χ2v) is 3.68. The van der Waals surface area contributed by atoms with E-state index >= 15 is 0 Å². The second-order valence-electron chi connectivity index (χ2n) is 3.31. The quantitative estimate of drug-likeness (QED) is 0.394. The van der Waals surface area contributed by atoms with E-state index in [9.17, 15) is 9.59 Å². The summed E-state index contributed by atoms with van der Waals surface area (Å²) in [7, 11) is 0. The van der Waals surface area contributed by atoms with Gasteiger partial charge in [0.15, 0.2) is 0 Å². The zero-order valence-corrected chi connectivity index (χ0v) is 10.2. The van der Waals surface area contributed by atoms with Gasteiger partial charge in [-0.05, 0) is 6.42 Å². The van der Waals surface area contributed by atoms with Crippen LogP contribution >= 0.6 is 12.6 Å². The summed E-state index contributed by atoms with van der Waals surface area (Å²) in [5, 5.41) is 2.48. The number of carbonyl (C=O) groups is 2. The molecule has 0 spiro atoms. The highest BCUT2D eigenvalue weighted by Gasteiger charge is 2.18. The van der Waals surface area contributed by atoms with Crippen LogP contribution in [-0.4, -0.2) is 30.3 Å².